The predicted octanol–water partition coefficient (Wildman–Crippen LogP) is 4.45. The summed E-state index contributed by atoms with van der Waals surface area (Å²) in [4.78, 5) is 22.6. The second kappa shape index (κ2) is 8.00. The highest BCUT2D eigenvalue weighted by Crippen LogP contribution is 2.28. The summed E-state index contributed by atoms with van der Waals surface area (Å²) >= 11 is 0. The number of aromatic nitrogens is 3. The van der Waals surface area contributed by atoms with Crippen LogP contribution in [0.1, 0.15) is 42.6 Å². The molecule has 0 aliphatic carbocycles. The maximum Gasteiger partial charge on any atom is 0.261 e. The molecule has 3 heterocycles. The highest BCUT2D eigenvalue weighted by molar-refractivity contribution is 6.06. The number of ether oxygens (including phenoxy) is 1. The molecule has 1 fully saturated rings. The number of hydrogen-bond donors (Lipinski definition) is 0. The van der Waals surface area contributed by atoms with Crippen LogP contribution in [-0.4, -0.2) is 27.7 Å². The molecule has 5 rings (SSSR count). The van der Waals surface area contributed by atoms with Crippen molar-refractivity contribution in [2.24, 2.45) is 0 Å². The van der Waals surface area contributed by atoms with Crippen molar-refractivity contribution < 1.29 is 4.74 Å². The van der Waals surface area contributed by atoms with Gasteiger partial charge in [-0.1, -0.05) is 31.2 Å². The summed E-state index contributed by atoms with van der Waals surface area (Å²) in [6.45, 7) is 3.50. The van der Waals surface area contributed by atoms with Crippen molar-refractivity contribution in [3.8, 4) is 0 Å². The van der Waals surface area contributed by atoms with E-state index < -0.39 is 0 Å². The van der Waals surface area contributed by atoms with Crippen molar-refractivity contribution in [2.75, 3.05) is 13.2 Å². The van der Waals surface area contributed by atoms with E-state index in [1.165, 1.54) is 5.56 Å². The third kappa shape index (κ3) is 3.39. The Bertz CT molecular complexity index is 1270. The Morgan fingerprint density at radius 1 is 1.03 bits per heavy atom. The monoisotopic (exact) mass is 399 g/mol. The molecular weight excluding hydrogens is 374 g/mol. The Morgan fingerprint density at radius 3 is 2.63 bits per heavy atom. The standard InChI is InChI=1S/C25H25N3O2/c1-2-19-14-17(7-10-26-19)13-18-15-23-24(22-6-4-3-5-21(18)22)27-16-28(25(23)29)20-8-11-30-12-9-20/h3-7,10,14-16,20H,2,8-9,11-13H2,1H3. The lowest BCUT2D eigenvalue weighted by Gasteiger charge is -2.24. The van der Waals surface area contributed by atoms with Crippen molar-refractivity contribution >= 4 is 21.7 Å². The number of nitrogens with zero attached hydrogens (tertiary/aromatic N) is 3. The molecule has 0 spiro atoms. The first kappa shape index (κ1) is 18.9. The molecule has 2 aromatic heterocycles. The van der Waals surface area contributed by atoms with Gasteiger partial charge in [0.1, 0.15) is 0 Å². The van der Waals surface area contributed by atoms with E-state index in [0.717, 1.165) is 53.2 Å². The first-order valence-corrected chi connectivity index (χ1v) is 10.7. The number of aryl methyl sites for hydroxylation is 1. The molecule has 0 radical (unpaired) electrons. The summed E-state index contributed by atoms with van der Waals surface area (Å²) < 4.78 is 7.28. The van der Waals surface area contributed by atoms with E-state index in [2.05, 4.69) is 42.2 Å². The Morgan fingerprint density at radius 2 is 1.83 bits per heavy atom. The van der Waals surface area contributed by atoms with Crippen LogP contribution in [0.25, 0.3) is 21.7 Å². The van der Waals surface area contributed by atoms with Crippen LogP contribution in [0.5, 0.6) is 0 Å². The van der Waals surface area contributed by atoms with Gasteiger partial charge in [-0.05, 0) is 60.4 Å². The second-order valence-corrected chi connectivity index (χ2v) is 7.96. The van der Waals surface area contributed by atoms with E-state index in [0.29, 0.717) is 18.6 Å². The van der Waals surface area contributed by atoms with E-state index in [1.54, 1.807) is 6.33 Å². The van der Waals surface area contributed by atoms with Crippen LogP contribution in [-0.2, 0) is 17.6 Å². The fraction of sp³-hybridized carbons (Fsp3) is 0.320. The van der Waals surface area contributed by atoms with Crippen LogP contribution in [0.3, 0.4) is 0 Å². The average molecular weight is 399 g/mol. The fourth-order valence-electron chi connectivity index (χ4n) is 4.47. The minimum Gasteiger partial charge on any atom is -0.381 e. The zero-order valence-corrected chi connectivity index (χ0v) is 17.2. The minimum absolute atomic E-state index is 0.0443. The molecule has 0 amide bonds. The lowest BCUT2D eigenvalue weighted by Crippen LogP contribution is -2.29. The molecular formula is C25H25N3O2. The van der Waals surface area contributed by atoms with Crippen molar-refractivity contribution in [1.82, 2.24) is 14.5 Å². The molecule has 0 saturated carbocycles. The topological polar surface area (TPSA) is 57.0 Å². The number of hydrogen-bond acceptors (Lipinski definition) is 4. The summed E-state index contributed by atoms with van der Waals surface area (Å²) in [6, 6.07) is 14.7. The zero-order valence-electron chi connectivity index (χ0n) is 17.2. The van der Waals surface area contributed by atoms with Gasteiger partial charge in [-0.15, -0.1) is 0 Å². The first-order valence-electron chi connectivity index (χ1n) is 10.7. The maximum atomic E-state index is 13.4. The Kier molecular flexibility index (Phi) is 5.05. The molecule has 5 heteroatoms. The molecule has 0 atom stereocenters. The van der Waals surface area contributed by atoms with E-state index >= 15 is 0 Å². The van der Waals surface area contributed by atoms with Crippen LogP contribution in [0.15, 0.2) is 59.8 Å². The first-order chi connectivity index (χ1) is 14.7. The maximum absolute atomic E-state index is 13.4. The normalized spacial score (nSPS) is 15.1. The Labute approximate surface area is 175 Å². The molecule has 1 saturated heterocycles. The number of pyridine rings is 1. The van der Waals surface area contributed by atoms with E-state index in [4.69, 9.17) is 9.72 Å². The molecule has 4 aromatic rings. The highest BCUT2D eigenvalue weighted by Gasteiger charge is 2.19. The van der Waals surface area contributed by atoms with E-state index in [-0.39, 0.29) is 11.6 Å². The summed E-state index contributed by atoms with van der Waals surface area (Å²) in [5.74, 6) is 0. The van der Waals surface area contributed by atoms with Gasteiger partial charge in [0.25, 0.3) is 5.56 Å². The fourth-order valence-corrected chi connectivity index (χ4v) is 4.47. The van der Waals surface area contributed by atoms with Gasteiger partial charge in [0.2, 0.25) is 0 Å². The molecule has 1 aliphatic heterocycles. The van der Waals surface area contributed by atoms with Crippen LogP contribution in [0.2, 0.25) is 0 Å². The van der Waals surface area contributed by atoms with E-state index in [9.17, 15) is 4.79 Å². The molecule has 0 bridgehead atoms. The molecule has 2 aromatic carbocycles. The number of fused-ring (bicyclic) bond motifs is 3. The van der Waals surface area contributed by atoms with Gasteiger partial charge in [-0.25, -0.2) is 4.98 Å². The average Bonchev–Trinajstić information content (AvgIpc) is 2.80. The third-order valence-corrected chi connectivity index (χ3v) is 6.10. The third-order valence-electron chi connectivity index (χ3n) is 6.10. The highest BCUT2D eigenvalue weighted by atomic mass is 16.5. The van der Waals surface area contributed by atoms with Gasteiger partial charge in [0.05, 0.1) is 17.2 Å². The summed E-state index contributed by atoms with van der Waals surface area (Å²) in [6.07, 6.45) is 6.97. The minimum atomic E-state index is 0.0443. The number of rotatable bonds is 4. The molecule has 152 valence electrons. The van der Waals surface area contributed by atoms with Crippen molar-refractivity contribution in [1.29, 1.82) is 0 Å². The van der Waals surface area contributed by atoms with Gasteiger partial charge < -0.3 is 4.74 Å². The smallest absolute Gasteiger partial charge is 0.261 e. The van der Waals surface area contributed by atoms with Gasteiger partial charge in [-0.3, -0.25) is 14.3 Å². The molecule has 30 heavy (non-hydrogen) atoms. The van der Waals surface area contributed by atoms with Gasteiger partial charge >= 0.3 is 0 Å². The zero-order chi connectivity index (χ0) is 20.5. The quantitative estimate of drug-likeness (QED) is 0.476. The van der Waals surface area contributed by atoms with Crippen molar-refractivity contribution in [3.05, 3.63) is 82.2 Å². The lowest BCUT2D eigenvalue weighted by atomic mass is 9.96. The summed E-state index contributed by atoms with van der Waals surface area (Å²) in [7, 11) is 0. The lowest BCUT2D eigenvalue weighted by molar-refractivity contribution is 0.0685. The van der Waals surface area contributed by atoms with Crippen molar-refractivity contribution in [2.45, 2.75) is 38.6 Å². The molecule has 0 unspecified atom stereocenters. The van der Waals surface area contributed by atoms with Gasteiger partial charge in [0, 0.05) is 36.5 Å². The van der Waals surface area contributed by atoms with Gasteiger partial charge in [0.15, 0.2) is 0 Å². The van der Waals surface area contributed by atoms with E-state index in [1.807, 2.05) is 22.9 Å². The molecule has 1 aliphatic rings. The van der Waals surface area contributed by atoms with Crippen LogP contribution >= 0.6 is 0 Å². The predicted molar refractivity (Wildman–Crippen MR) is 119 cm³/mol. The largest absolute Gasteiger partial charge is 0.381 e. The van der Waals surface area contributed by atoms with Gasteiger partial charge in [-0.2, -0.15) is 0 Å². The Balaban J connectivity index is 1.68. The Hall–Kier alpha value is -3.05. The molecule has 5 nitrogen and oxygen atoms in total. The van der Waals surface area contributed by atoms with Crippen molar-refractivity contribution in [3.63, 3.8) is 0 Å². The second-order valence-electron chi connectivity index (χ2n) is 7.96. The number of benzene rings is 2. The van der Waals surface area contributed by atoms with Crippen LogP contribution < -0.4 is 5.56 Å². The molecule has 0 N–H and O–H groups in total. The summed E-state index contributed by atoms with van der Waals surface area (Å²) in [5, 5.41) is 2.88. The van der Waals surface area contributed by atoms with Crippen LogP contribution in [0, 0.1) is 0 Å². The summed E-state index contributed by atoms with van der Waals surface area (Å²) in [5.41, 5.74) is 4.27. The van der Waals surface area contributed by atoms with Crippen LogP contribution in [0.4, 0.5) is 0 Å². The SMILES string of the molecule is CCc1cc(Cc2cc3c(=O)n(C4CCOCC4)cnc3c3ccccc23)ccn1.